The molecule has 2 N–H and O–H groups in total. The van der Waals surface area contributed by atoms with Gasteiger partial charge in [0.1, 0.15) is 17.2 Å². The van der Waals surface area contributed by atoms with E-state index in [0.29, 0.717) is 34.4 Å². The third-order valence-electron chi connectivity index (χ3n) is 4.57. The van der Waals surface area contributed by atoms with Gasteiger partial charge in [0.2, 0.25) is 0 Å². The lowest BCUT2D eigenvalue weighted by atomic mass is 10.2. The molecule has 3 aromatic rings. The van der Waals surface area contributed by atoms with Crippen LogP contribution in [0.3, 0.4) is 0 Å². The summed E-state index contributed by atoms with van der Waals surface area (Å²) in [5, 5.41) is 3.20. The van der Waals surface area contributed by atoms with E-state index in [9.17, 15) is 13.2 Å². The Kier molecular flexibility index (Phi) is 7.67. The van der Waals surface area contributed by atoms with E-state index in [-0.39, 0.29) is 16.3 Å². The van der Waals surface area contributed by atoms with Crippen molar-refractivity contribution in [1.29, 1.82) is 0 Å². The molecule has 10 heteroatoms. The molecule has 33 heavy (non-hydrogen) atoms. The maximum atomic E-state index is 13.1. The minimum atomic E-state index is -4.04. The molecule has 0 heterocycles. The molecule has 0 radical (unpaired) electrons. The van der Waals surface area contributed by atoms with Gasteiger partial charge in [-0.15, -0.1) is 0 Å². The van der Waals surface area contributed by atoms with Crippen LogP contribution >= 0.6 is 11.6 Å². The standard InChI is InChI=1S/C23H23ClN2O6S/c1-4-32-22-12-10-18(14-19(22)25-23(27)15-5-7-16(24)8-6-15)33(28,29)26-20-13-17(30-2)9-11-21(20)31-3/h5-14,26H,4H2,1-3H3,(H,25,27). The molecule has 0 fully saturated rings. The Labute approximate surface area is 197 Å². The lowest BCUT2D eigenvalue weighted by Gasteiger charge is -2.16. The summed E-state index contributed by atoms with van der Waals surface area (Å²) < 4.78 is 44.7. The second kappa shape index (κ2) is 10.5. The average Bonchev–Trinajstić information content (AvgIpc) is 2.80. The number of methoxy groups -OCH3 is 2. The molecule has 0 atom stereocenters. The maximum absolute atomic E-state index is 13.1. The van der Waals surface area contributed by atoms with Crippen molar-refractivity contribution >= 4 is 38.9 Å². The van der Waals surface area contributed by atoms with Gasteiger partial charge in [0, 0.05) is 16.7 Å². The van der Waals surface area contributed by atoms with Crippen molar-refractivity contribution in [2.24, 2.45) is 0 Å². The second-order valence-electron chi connectivity index (χ2n) is 6.72. The highest BCUT2D eigenvalue weighted by molar-refractivity contribution is 7.92. The van der Waals surface area contributed by atoms with Gasteiger partial charge in [0.25, 0.3) is 15.9 Å². The van der Waals surface area contributed by atoms with Crippen LogP contribution < -0.4 is 24.2 Å². The molecule has 3 rings (SSSR count). The zero-order chi connectivity index (χ0) is 24.0. The van der Waals surface area contributed by atoms with Crippen molar-refractivity contribution in [2.75, 3.05) is 30.9 Å². The molecule has 8 nitrogen and oxygen atoms in total. The molecule has 0 aliphatic carbocycles. The monoisotopic (exact) mass is 490 g/mol. The molecule has 0 aliphatic heterocycles. The number of rotatable bonds is 9. The highest BCUT2D eigenvalue weighted by atomic mass is 35.5. The van der Waals surface area contributed by atoms with Crippen molar-refractivity contribution in [3.63, 3.8) is 0 Å². The van der Waals surface area contributed by atoms with Gasteiger partial charge in [-0.2, -0.15) is 0 Å². The van der Waals surface area contributed by atoms with Crippen LogP contribution in [0.15, 0.2) is 65.6 Å². The molecule has 174 valence electrons. The SMILES string of the molecule is CCOc1ccc(S(=O)(=O)Nc2cc(OC)ccc2OC)cc1NC(=O)c1ccc(Cl)cc1. The van der Waals surface area contributed by atoms with E-state index in [2.05, 4.69) is 10.0 Å². The van der Waals surface area contributed by atoms with Gasteiger partial charge in [0.05, 0.1) is 37.1 Å². The predicted molar refractivity (Wildman–Crippen MR) is 127 cm³/mol. The fourth-order valence-corrected chi connectivity index (χ4v) is 4.16. The zero-order valence-corrected chi connectivity index (χ0v) is 19.8. The van der Waals surface area contributed by atoms with Crippen LogP contribution in [-0.4, -0.2) is 35.2 Å². The van der Waals surface area contributed by atoms with E-state index < -0.39 is 15.9 Å². The van der Waals surface area contributed by atoms with Crippen LogP contribution in [0, 0.1) is 0 Å². The van der Waals surface area contributed by atoms with Crippen molar-refractivity contribution in [3.05, 3.63) is 71.2 Å². The summed E-state index contributed by atoms with van der Waals surface area (Å²) in [7, 11) is -1.14. The smallest absolute Gasteiger partial charge is 0.262 e. The molecular weight excluding hydrogens is 468 g/mol. The molecule has 0 aromatic heterocycles. The number of ether oxygens (including phenoxy) is 3. The number of benzene rings is 3. The summed E-state index contributed by atoms with van der Waals surface area (Å²) in [6.07, 6.45) is 0. The molecule has 0 unspecified atom stereocenters. The summed E-state index contributed by atoms with van der Waals surface area (Å²) in [5.41, 5.74) is 0.768. The molecule has 0 aliphatic rings. The molecule has 0 bridgehead atoms. The van der Waals surface area contributed by atoms with Crippen LogP contribution in [0.1, 0.15) is 17.3 Å². The Morgan fingerprint density at radius 1 is 0.909 bits per heavy atom. The number of sulfonamides is 1. The summed E-state index contributed by atoms with van der Waals surface area (Å²) in [4.78, 5) is 12.6. The third kappa shape index (κ3) is 5.88. The minimum absolute atomic E-state index is 0.0813. The first-order chi connectivity index (χ1) is 15.8. The number of carbonyl (C=O) groups excluding carboxylic acids is 1. The first-order valence-electron chi connectivity index (χ1n) is 9.86. The van der Waals surface area contributed by atoms with Crippen LogP contribution in [0.5, 0.6) is 17.2 Å². The van der Waals surface area contributed by atoms with Gasteiger partial charge in [-0.1, -0.05) is 11.6 Å². The first kappa shape index (κ1) is 24.2. The van der Waals surface area contributed by atoms with Gasteiger partial charge in [-0.05, 0) is 61.5 Å². The third-order valence-corrected chi connectivity index (χ3v) is 6.18. The van der Waals surface area contributed by atoms with E-state index in [1.54, 1.807) is 43.3 Å². The Balaban J connectivity index is 1.94. The molecular formula is C23H23ClN2O6S. The predicted octanol–water partition coefficient (Wildman–Crippen LogP) is 4.81. The lowest BCUT2D eigenvalue weighted by Crippen LogP contribution is -2.16. The largest absolute Gasteiger partial charge is 0.497 e. The van der Waals surface area contributed by atoms with Crippen molar-refractivity contribution in [1.82, 2.24) is 0 Å². The van der Waals surface area contributed by atoms with E-state index in [1.807, 2.05) is 0 Å². The number of anilines is 2. The summed E-state index contributed by atoms with van der Waals surface area (Å²) in [5.74, 6) is 0.667. The highest BCUT2D eigenvalue weighted by Gasteiger charge is 2.20. The Morgan fingerprint density at radius 3 is 2.24 bits per heavy atom. The lowest BCUT2D eigenvalue weighted by molar-refractivity contribution is 0.102. The van der Waals surface area contributed by atoms with Crippen molar-refractivity contribution in [3.8, 4) is 17.2 Å². The van der Waals surface area contributed by atoms with E-state index in [4.69, 9.17) is 25.8 Å². The van der Waals surface area contributed by atoms with Gasteiger partial charge in [-0.3, -0.25) is 9.52 Å². The summed E-state index contributed by atoms with van der Waals surface area (Å²) in [6.45, 7) is 2.11. The second-order valence-corrected chi connectivity index (χ2v) is 8.84. The zero-order valence-electron chi connectivity index (χ0n) is 18.2. The van der Waals surface area contributed by atoms with Crippen molar-refractivity contribution < 1.29 is 27.4 Å². The number of nitrogens with one attached hydrogen (secondary N) is 2. The number of halogens is 1. The number of hydrogen-bond donors (Lipinski definition) is 2. The fraction of sp³-hybridized carbons (Fsp3) is 0.174. The molecule has 0 spiro atoms. The van der Waals surface area contributed by atoms with Crippen LogP contribution in [0.25, 0.3) is 0 Å². The van der Waals surface area contributed by atoms with Gasteiger partial charge in [-0.25, -0.2) is 8.42 Å². The van der Waals surface area contributed by atoms with E-state index >= 15 is 0 Å². The molecule has 1 amide bonds. The molecule has 3 aromatic carbocycles. The quantitative estimate of drug-likeness (QED) is 0.446. The van der Waals surface area contributed by atoms with Crippen LogP contribution in [0.4, 0.5) is 11.4 Å². The molecule has 0 saturated carbocycles. The number of carbonyl (C=O) groups is 1. The maximum Gasteiger partial charge on any atom is 0.262 e. The molecule has 0 saturated heterocycles. The Hall–Kier alpha value is -3.43. The Morgan fingerprint density at radius 2 is 1.61 bits per heavy atom. The average molecular weight is 491 g/mol. The van der Waals surface area contributed by atoms with Crippen LogP contribution in [-0.2, 0) is 10.0 Å². The first-order valence-corrected chi connectivity index (χ1v) is 11.7. The summed E-state index contributed by atoms with van der Waals surface area (Å²) in [6, 6.07) is 15.3. The van der Waals surface area contributed by atoms with E-state index in [0.717, 1.165) is 0 Å². The van der Waals surface area contributed by atoms with Gasteiger partial charge in [0.15, 0.2) is 0 Å². The summed E-state index contributed by atoms with van der Waals surface area (Å²) >= 11 is 5.88. The van der Waals surface area contributed by atoms with Crippen LogP contribution in [0.2, 0.25) is 5.02 Å². The highest BCUT2D eigenvalue weighted by Crippen LogP contribution is 2.33. The van der Waals surface area contributed by atoms with E-state index in [1.165, 1.54) is 38.5 Å². The number of amides is 1. The normalized spacial score (nSPS) is 10.9. The Bertz CT molecular complexity index is 1250. The number of hydrogen-bond acceptors (Lipinski definition) is 6. The van der Waals surface area contributed by atoms with Gasteiger partial charge < -0.3 is 19.5 Å². The topological polar surface area (TPSA) is 103 Å². The van der Waals surface area contributed by atoms with Crippen molar-refractivity contribution in [2.45, 2.75) is 11.8 Å². The fourth-order valence-electron chi connectivity index (χ4n) is 2.95. The van der Waals surface area contributed by atoms with Gasteiger partial charge >= 0.3 is 0 Å². The minimum Gasteiger partial charge on any atom is -0.497 e.